The fraction of sp³-hybridized carbons (Fsp3) is 0.417. The highest BCUT2D eigenvalue weighted by Gasteiger charge is 2.25. The van der Waals surface area contributed by atoms with Gasteiger partial charge in [0, 0.05) is 17.4 Å². The minimum Gasteiger partial charge on any atom is -0.352 e. The van der Waals surface area contributed by atoms with Gasteiger partial charge in [0.05, 0.1) is 5.56 Å². The molecule has 1 aromatic rings. The van der Waals surface area contributed by atoms with E-state index in [0.717, 1.165) is 12.1 Å². The fourth-order valence-corrected chi connectivity index (χ4v) is 1.95. The monoisotopic (exact) mass is 341 g/mol. The van der Waals surface area contributed by atoms with Crippen LogP contribution in [0.25, 0.3) is 0 Å². The second-order valence-electron chi connectivity index (χ2n) is 3.95. The highest BCUT2D eigenvalue weighted by Crippen LogP contribution is 2.22. The summed E-state index contributed by atoms with van der Waals surface area (Å²) >= 11 is 3.05. The van der Waals surface area contributed by atoms with Crippen LogP contribution in [-0.2, 0) is 0 Å². The number of alkyl halides is 3. The van der Waals surface area contributed by atoms with Crippen LogP contribution in [0.4, 0.5) is 17.6 Å². The van der Waals surface area contributed by atoms with Crippen molar-refractivity contribution < 1.29 is 22.4 Å². The third kappa shape index (κ3) is 6.04. The van der Waals surface area contributed by atoms with Crippen molar-refractivity contribution in [1.82, 2.24) is 5.32 Å². The first kappa shape index (κ1) is 15.9. The minimum atomic E-state index is -4.16. The van der Waals surface area contributed by atoms with Gasteiger partial charge in [-0.1, -0.05) is 0 Å². The Bertz CT molecular complexity index is 448. The number of rotatable bonds is 5. The van der Waals surface area contributed by atoms with E-state index in [1.54, 1.807) is 0 Å². The number of benzene rings is 1. The first-order valence-electron chi connectivity index (χ1n) is 5.59. The standard InChI is InChI=1S/C12H12BrF4NO/c13-10-7-8(14)3-4-9(10)11(19)18-6-2-1-5-12(15,16)17/h3-4,7H,1-2,5-6H2,(H,18,19). The molecule has 0 fully saturated rings. The van der Waals surface area contributed by atoms with E-state index in [-0.39, 0.29) is 24.9 Å². The zero-order valence-corrected chi connectivity index (χ0v) is 11.4. The summed E-state index contributed by atoms with van der Waals surface area (Å²) < 4.78 is 48.7. The van der Waals surface area contributed by atoms with Gasteiger partial charge in [-0.25, -0.2) is 4.39 Å². The van der Waals surface area contributed by atoms with Gasteiger partial charge in [0.1, 0.15) is 5.82 Å². The topological polar surface area (TPSA) is 29.1 Å². The van der Waals surface area contributed by atoms with E-state index in [2.05, 4.69) is 21.2 Å². The maximum atomic E-state index is 12.8. The molecular weight excluding hydrogens is 330 g/mol. The summed E-state index contributed by atoms with van der Waals surface area (Å²) in [7, 11) is 0. The van der Waals surface area contributed by atoms with E-state index in [4.69, 9.17) is 0 Å². The summed E-state index contributed by atoms with van der Waals surface area (Å²) in [5, 5.41) is 2.49. The number of unbranched alkanes of at least 4 members (excludes halogenated alkanes) is 1. The molecule has 0 atom stereocenters. The Balaban J connectivity index is 2.36. The van der Waals surface area contributed by atoms with Crippen LogP contribution in [0.1, 0.15) is 29.6 Å². The second kappa shape index (κ2) is 6.88. The number of carbonyl (C=O) groups excluding carboxylic acids is 1. The van der Waals surface area contributed by atoms with Gasteiger partial charge in [-0.3, -0.25) is 4.79 Å². The molecule has 7 heteroatoms. The highest BCUT2D eigenvalue weighted by molar-refractivity contribution is 9.10. The van der Waals surface area contributed by atoms with Crippen LogP contribution in [-0.4, -0.2) is 18.6 Å². The van der Waals surface area contributed by atoms with Gasteiger partial charge in [0.25, 0.3) is 5.91 Å². The van der Waals surface area contributed by atoms with Gasteiger partial charge < -0.3 is 5.32 Å². The first-order chi connectivity index (χ1) is 8.79. The molecule has 1 N–H and O–H groups in total. The normalized spacial score (nSPS) is 11.4. The quantitative estimate of drug-likeness (QED) is 0.635. The molecule has 2 nitrogen and oxygen atoms in total. The number of carbonyl (C=O) groups is 1. The first-order valence-corrected chi connectivity index (χ1v) is 6.39. The van der Waals surface area contributed by atoms with Crippen molar-refractivity contribution in [3.05, 3.63) is 34.1 Å². The van der Waals surface area contributed by atoms with E-state index < -0.39 is 24.3 Å². The van der Waals surface area contributed by atoms with E-state index in [1.165, 1.54) is 6.07 Å². The number of amides is 1. The SMILES string of the molecule is O=C(NCCCCC(F)(F)F)c1ccc(F)cc1Br. The maximum absolute atomic E-state index is 12.8. The zero-order valence-electron chi connectivity index (χ0n) is 9.86. The number of nitrogens with one attached hydrogen (secondary N) is 1. The molecule has 1 aromatic carbocycles. The van der Waals surface area contributed by atoms with Crippen molar-refractivity contribution >= 4 is 21.8 Å². The predicted molar refractivity (Wildman–Crippen MR) is 66.3 cm³/mol. The Hall–Kier alpha value is -1.11. The summed E-state index contributed by atoms with van der Waals surface area (Å²) in [5.41, 5.74) is 0.247. The van der Waals surface area contributed by atoms with Crippen LogP contribution in [0, 0.1) is 5.82 Å². The molecule has 0 saturated carbocycles. The lowest BCUT2D eigenvalue weighted by molar-refractivity contribution is -0.135. The lowest BCUT2D eigenvalue weighted by atomic mass is 10.2. The number of hydrogen-bond donors (Lipinski definition) is 1. The van der Waals surface area contributed by atoms with Gasteiger partial charge in [-0.2, -0.15) is 13.2 Å². The Labute approximate surface area is 116 Å². The van der Waals surface area contributed by atoms with Crippen molar-refractivity contribution in [2.75, 3.05) is 6.54 Å². The van der Waals surface area contributed by atoms with E-state index in [0.29, 0.717) is 4.47 Å². The third-order valence-electron chi connectivity index (χ3n) is 2.35. The molecule has 0 aliphatic rings. The third-order valence-corrected chi connectivity index (χ3v) is 3.00. The summed E-state index contributed by atoms with van der Waals surface area (Å²) in [5.74, 6) is -0.924. The fourth-order valence-electron chi connectivity index (χ4n) is 1.42. The zero-order chi connectivity index (χ0) is 14.5. The van der Waals surface area contributed by atoms with Gasteiger partial charge in [-0.05, 0) is 47.0 Å². The summed E-state index contributed by atoms with van der Waals surface area (Å²) in [6.07, 6.45) is -4.81. The molecule has 1 amide bonds. The lowest BCUT2D eigenvalue weighted by Gasteiger charge is -2.08. The Morgan fingerprint density at radius 3 is 2.53 bits per heavy atom. The lowest BCUT2D eigenvalue weighted by Crippen LogP contribution is -2.25. The predicted octanol–water partition coefficient (Wildman–Crippen LogP) is 4.05. The average Bonchev–Trinajstić information content (AvgIpc) is 2.26. The van der Waals surface area contributed by atoms with Crippen LogP contribution in [0.15, 0.2) is 22.7 Å². The molecule has 0 heterocycles. The molecule has 0 spiro atoms. The molecule has 19 heavy (non-hydrogen) atoms. The van der Waals surface area contributed by atoms with Crippen molar-refractivity contribution in [2.24, 2.45) is 0 Å². The highest BCUT2D eigenvalue weighted by atomic mass is 79.9. The largest absolute Gasteiger partial charge is 0.389 e. The molecule has 0 radical (unpaired) electrons. The Morgan fingerprint density at radius 2 is 1.95 bits per heavy atom. The molecule has 0 aliphatic heterocycles. The van der Waals surface area contributed by atoms with E-state index >= 15 is 0 Å². The van der Waals surface area contributed by atoms with Crippen molar-refractivity contribution in [1.29, 1.82) is 0 Å². The van der Waals surface area contributed by atoms with Gasteiger partial charge in [0.15, 0.2) is 0 Å². The number of halogens is 5. The molecule has 1 rings (SSSR count). The van der Waals surface area contributed by atoms with Crippen LogP contribution in [0.3, 0.4) is 0 Å². The molecule has 0 bridgehead atoms. The van der Waals surface area contributed by atoms with Crippen LogP contribution in [0.2, 0.25) is 0 Å². The molecule has 0 saturated heterocycles. The summed E-state index contributed by atoms with van der Waals surface area (Å²) in [6, 6.07) is 3.60. The van der Waals surface area contributed by atoms with Crippen molar-refractivity contribution in [3.8, 4) is 0 Å². The molecule has 0 aromatic heterocycles. The summed E-state index contributed by atoms with van der Waals surface area (Å²) in [6.45, 7) is 0.152. The molecule has 0 aliphatic carbocycles. The van der Waals surface area contributed by atoms with Crippen LogP contribution in [0.5, 0.6) is 0 Å². The Morgan fingerprint density at radius 1 is 1.26 bits per heavy atom. The van der Waals surface area contributed by atoms with Gasteiger partial charge >= 0.3 is 6.18 Å². The van der Waals surface area contributed by atoms with Crippen LogP contribution < -0.4 is 5.32 Å². The summed E-state index contributed by atoms with van der Waals surface area (Å²) in [4.78, 5) is 11.7. The maximum Gasteiger partial charge on any atom is 0.389 e. The van der Waals surface area contributed by atoms with Gasteiger partial charge in [-0.15, -0.1) is 0 Å². The number of hydrogen-bond acceptors (Lipinski definition) is 1. The smallest absolute Gasteiger partial charge is 0.352 e. The minimum absolute atomic E-state index is 0.0334. The second-order valence-corrected chi connectivity index (χ2v) is 4.81. The van der Waals surface area contributed by atoms with Crippen molar-refractivity contribution in [3.63, 3.8) is 0 Å². The molecule has 106 valence electrons. The van der Waals surface area contributed by atoms with E-state index in [9.17, 15) is 22.4 Å². The van der Waals surface area contributed by atoms with E-state index in [1.807, 2.05) is 0 Å². The Kier molecular flexibility index (Phi) is 5.78. The molecule has 0 unspecified atom stereocenters. The van der Waals surface area contributed by atoms with Gasteiger partial charge in [0.2, 0.25) is 0 Å². The molecular formula is C12H12BrF4NO. The average molecular weight is 342 g/mol. The van der Waals surface area contributed by atoms with Crippen LogP contribution >= 0.6 is 15.9 Å². The van der Waals surface area contributed by atoms with Crippen molar-refractivity contribution in [2.45, 2.75) is 25.4 Å².